The van der Waals surface area contributed by atoms with Gasteiger partial charge in [0.05, 0.1) is 28.6 Å². The molecule has 40 heavy (non-hydrogen) atoms. The maximum Gasteiger partial charge on any atom is 0.274 e. The van der Waals surface area contributed by atoms with Crippen LogP contribution in [-0.2, 0) is 12.0 Å². The lowest BCUT2D eigenvalue weighted by molar-refractivity contribution is 0.0778. The SMILES string of the molecule is C[C@@H]1C[C@H](N)CN(c2nc3c(cc2NC(=O)c2ccc(F)c(-c4c(F)cc(C(C)(C)O)cc4F)n2)CC[C@@H]3O)C1. The van der Waals surface area contributed by atoms with Gasteiger partial charge in [-0.2, -0.15) is 0 Å². The van der Waals surface area contributed by atoms with E-state index in [1.807, 2.05) is 4.90 Å². The average Bonchev–Trinajstić information content (AvgIpc) is 3.22. The second kappa shape index (κ2) is 10.5. The van der Waals surface area contributed by atoms with Crippen molar-refractivity contribution in [1.82, 2.24) is 9.97 Å². The number of aliphatic hydroxyl groups is 2. The van der Waals surface area contributed by atoms with E-state index in [-0.39, 0.29) is 23.2 Å². The second-order valence-electron chi connectivity index (χ2n) is 11.3. The molecule has 212 valence electrons. The largest absolute Gasteiger partial charge is 0.387 e. The quantitative estimate of drug-likeness (QED) is 0.372. The summed E-state index contributed by atoms with van der Waals surface area (Å²) < 4.78 is 44.7. The Hall–Kier alpha value is -3.54. The Morgan fingerprint density at radius 2 is 1.80 bits per heavy atom. The summed E-state index contributed by atoms with van der Waals surface area (Å²) >= 11 is 0. The van der Waals surface area contributed by atoms with Crippen molar-refractivity contribution in [2.75, 3.05) is 23.3 Å². The highest BCUT2D eigenvalue weighted by molar-refractivity contribution is 6.04. The smallest absolute Gasteiger partial charge is 0.274 e. The summed E-state index contributed by atoms with van der Waals surface area (Å²) in [6.45, 7) is 5.96. The zero-order chi connectivity index (χ0) is 28.9. The van der Waals surface area contributed by atoms with E-state index in [4.69, 9.17) is 10.7 Å². The molecule has 0 saturated carbocycles. The normalized spacial score (nSPS) is 20.9. The topological polar surface area (TPSA) is 125 Å². The fraction of sp³-hybridized carbons (Fsp3) is 0.414. The lowest BCUT2D eigenvalue weighted by Gasteiger charge is -2.36. The van der Waals surface area contributed by atoms with E-state index in [0.29, 0.717) is 43.1 Å². The maximum absolute atomic E-state index is 15.0. The second-order valence-corrected chi connectivity index (χ2v) is 11.3. The Balaban J connectivity index is 1.51. The molecular weight excluding hydrogens is 523 g/mol. The Labute approximate surface area is 230 Å². The zero-order valence-corrected chi connectivity index (χ0v) is 22.5. The van der Waals surface area contributed by atoms with Crippen LogP contribution in [-0.4, -0.2) is 45.2 Å². The van der Waals surface area contributed by atoms with Gasteiger partial charge < -0.3 is 26.2 Å². The Morgan fingerprint density at radius 3 is 2.45 bits per heavy atom. The molecule has 8 nitrogen and oxygen atoms in total. The molecular formula is C29H32F3N5O3. The van der Waals surface area contributed by atoms with Crippen molar-refractivity contribution in [2.24, 2.45) is 11.7 Å². The van der Waals surface area contributed by atoms with Gasteiger partial charge >= 0.3 is 0 Å². The Bertz CT molecular complexity index is 1440. The number of anilines is 2. The van der Waals surface area contributed by atoms with Crippen LogP contribution >= 0.6 is 0 Å². The van der Waals surface area contributed by atoms with Gasteiger partial charge in [-0.1, -0.05) is 6.92 Å². The first kappa shape index (κ1) is 28.0. The molecule has 2 aromatic heterocycles. The Kier molecular flexibility index (Phi) is 7.32. The summed E-state index contributed by atoms with van der Waals surface area (Å²) in [5, 5.41) is 23.3. The molecule has 1 fully saturated rings. The zero-order valence-electron chi connectivity index (χ0n) is 22.5. The molecule has 3 aromatic rings. The molecule has 0 bridgehead atoms. The van der Waals surface area contributed by atoms with E-state index in [1.54, 1.807) is 6.07 Å². The van der Waals surface area contributed by atoms with Crippen LogP contribution < -0.4 is 16.0 Å². The van der Waals surface area contributed by atoms with Gasteiger partial charge in [0, 0.05) is 19.1 Å². The molecule has 11 heteroatoms. The third-order valence-corrected chi connectivity index (χ3v) is 7.42. The van der Waals surface area contributed by atoms with Crippen LogP contribution in [0.25, 0.3) is 11.3 Å². The molecule has 5 N–H and O–H groups in total. The standard InChI is InChI=1S/C29H32F3N5O3/c1-14-8-17(33)13-37(12-14)27-22(9-15-4-7-23(38)25(15)36-27)35-28(39)21-6-5-18(30)26(34-21)24-19(31)10-16(11-20(24)32)29(2,3)40/h5-6,9-11,14,17,23,38,40H,4,7-8,12-13,33H2,1-3H3,(H,35,39)/t14-,17+,23+/m1/s1. The molecule has 1 aliphatic carbocycles. The third kappa shape index (κ3) is 5.41. The number of nitrogens with one attached hydrogen (secondary N) is 1. The van der Waals surface area contributed by atoms with Crippen molar-refractivity contribution in [2.45, 2.75) is 57.8 Å². The van der Waals surface area contributed by atoms with Crippen LogP contribution in [0.5, 0.6) is 0 Å². The van der Waals surface area contributed by atoms with Crippen LogP contribution in [0.2, 0.25) is 0 Å². The van der Waals surface area contributed by atoms with Gasteiger partial charge in [0.1, 0.15) is 28.8 Å². The Morgan fingerprint density at radius 1 is 1.10 bits per heavy atom. The van der Waals surface area contributed by atoms with Crippen molar-refractivity contribution in [1.29, 1.82) is 0 Å². The first-order valence-corrected chi connectivity index (χ1v) is 13.2. The number of amides is 1. The lowest BCUT2D eigenvalue weighted by Crippen LogP contribution is -2.47. The van der Waals surface area contributed by atoms with E-state index in [9.17, 15) is 28.2 Å². The van der Waals surface area contributed by atoms with Gasteiger partial charge in [-0.25, -0.2) is 23.1 Å². The fourth-order valence-electron chi connectivity index (χ4n) is 5.47. The van der Waals surface area contributed by atoms with Gasteiger partial charge in [0.15, 0.2) is 5.82 Å². The summed E-state index contributed by atoms with van der Waals surface area (Å²) in [5.41, 5.74) is 4.74. The van der Waals surface area contributed by atoms with Crippen molar-refractivity contribution in [3.05, 3.63) is 70.3 Å². The minimum absolute atomic E-state index is 0.0333. The number of pyridine rings is 2. The minimum atomic E-state index is -1.53. The number of hydrogen-bond acceptors (Lipinski definition) is 7. The average molecular weight is 556 g/mol. The number of carbonyl (C=O) groups is 1. The van der Waals surface area contributed by atoms with Crippen LogP contribution in [0, 0.1) is 23.4 Å². The molecule has 1 aliphatic heterocycles. The van der Waals surface area contributed by atoms with E-state index in [1.165, 1.54) is 13.8 Å². The molecule has 1 saturated heterocycles. The van der Waals surface area contributed by atoms with E-state index in [2.05, 4.69) is 17.2 Å². The van der Waals surface area contributed by atoms with Gasteiger partial charge in [-0.05, 0) is 80.5 Å². The monoisotopic (exact) mass is 555 g/mol. The number of aliphatic hydroxyl groups excluding tert-OH is 1. The fourth-order valence-corrected chi connectivity index (χ4v) is 5.47. The number of nitrogens with zero attached hydrogens (tertiary/aromatic N) is 3. The van der Waals surface area contributed by atoms with Gasteiger partial charge in [0.2, 0.25) is 0 Å². The molecule has 1 aromatic carbocycles. The number of aryl methyl sites for hydroxylation is 1. The van der Waals surface area contributed by atoms with Gasteiger partial charge in [-0.15, -0.1) is 0 Å². The van der Waals surface area contributed by atoms with Gasteiger partial charge in [0.25, 0.3) is 5.91 Å². The number of carbonyl (C=O) groups excluding carboxylic acids is 1. The number of halogens is 3. The highest BCUT2D eigenvalue weighted by Crippen LogP contribution is 2.37. The third-order valence-electron chi connectivity index (χ3n) is 7.42. The van der Waals surface area contributed by atoms with Gasteiger partial charge in [-0.3, -0.25) is 4.79 Å². The summed E-state index contributed by atoms with van der Waals surface area (Å²) in [7, 11) is 0. The lowest BCUT2D eigenvalue weighted by atomic mass is 9.95. The minimum Gasteiger partial charge on any atom is -0.387 e. The molecule has 1 amide bonds. The van der Waals surface area contributed by atoms with Crippen LogP contribution in [0.3, 0.4) is 0 Å². The maximum atomic E-state index is 15.0. The predicted molar refractivity (Wildman–Crippen MR) is 144 cm³/mol. The molecule has 3 heterocycles. The summed E-state index contributed by atoms with van der Waals surface area (Å²) in [6, 6.07) is 5.53. The first-order valence-electron chi connectivity index (χ1n) is 13.2. The number of piperidine rings is 1. The summed E-state index contributed by atoms with van der Waals surface area (Å²) in [4.78, 5) is 24.0. The molecule has 2 aliphatic rings. The number of fused-ring (bicyclic) bond motifs is 1. The molecule has 0 unspecified atom stereocenters. The highest BCUT2D eigenvalue weighted by atomic mass is 19.1. The summed E-state index contributed by atoms with van der Waals surface area (Å²) in [6.07, 6.45) is 1.24. The first-order chi connectivity index (χ1) is 18.8. The molecule has 0 spiro atoms. The van der Waals surface area contributed by atoms with Crippen molar-refractivity contribution in [3.63, 3.8) is 0 Å². The number of nitrogens with two attached hydrogens (primary N) is 1. The molecule has 5 rings (SSSR count). The van der Waals surface area contributed by atoms with E-state index >= 15 is 0 Å². The number of rotatable bonds is 5. The van der Waals surface area contributed by atoms with Crippen LogP contribution in [0.4, 0.5) is 24.7 Å². The van der Waals surface area contributed by atoms with E-state index in [0.717, 1.165) is 36.2 Å². The highest BCUT2D eigenvalue weighted by Gasteiger charge is 2.31. The van der Waals surface area contributed by atoms with Crippen molar-refractivity contribution >= 4 is 17.4 Å². The van der Waals surface area contributed by atoms with Crippen LogP contribution in [0.15, 0.2) is 30.3 Å². The number of aromatic nitrogens is 2. The van der Waals surface area contributed by atoms with Crippen molar-refractivity contribution < 1.29 is 28.2 Å². The molecule has 0 radical (unpaired) electrons. The number of benzene rings is 1. The summed E-state index contributed by atoms with van der Waals surface area (Å²) in [5.74, 6) is -3.26. The van der Waals surface area contributed by atoms with Crippen molar-refractivity contribution in [3.8, 4) is 11.3 Å². The van der Waals surface area contributed by atoms with Crippen LogP contribution in [0.1, 0.15) is 67.0 Å². The molecule has 3 atom stereocenters. The van der Waals surface area contributed by atoms with E-state index < -0.39 is 46.3 Å². The number of hydrogen-bond donors (Lipinski definition) is 4. The predicted octanol–water partition coefficient (Wildman–Crippen LogP) is 4.19.